The second-order valence-electron chi connectivity index (χ2n) is 3.82. The Morgan fingerprint density at radius 2 is 2.00 bits per heavy atom. The smallest absolute Gasteiger partial charge is 0.128 e. The molecular weight excluding hydrogens is 217 g/mol. The zero-order valence-electron chi connectivity index (χ0n) is 9.57. The van der Waals surface area contributed by atoms with Crippen molar-refractivity contribution in [3.8, 4) is 0 Å². The summed E-state index contributed by atoms with van der Waals surface area (Å²) in [5, 5.41) is 3.06. The predicted octanol–water partition coefficient (Wildman–Crippen LogP) is 2.72. The second kappa shape index (κ2) is 4.82. The third kappa shape index (κ3) is 2.72. The molecule has 2 rings (SSSR count). The van der Waals surface area contributed by atoms with Gasteiger partial charge in [-0.05, 0) is 25.1 Å². The number of benzene rings is 1. The molecule has 1 aromatic carbocycles. The minimum absolute atomic E-state index is 0.216. The highest BCUT2D eigenvalue weighted by Gasteiger charge is 2.02. The Balaban J connectivity index is 2.08. The summed E-state index contributed by atoms with van der Waals surface area (Å²) < 4.78 is 13.4. The van der Waals surface area contributed by atoms with E-state index in [2.05, 4.69) is 10.3 Å². The van der Waals surface area contributed by atoms with Crippen molar-refractivity contribution in [3.63, 3.8) is 0 Å². The van der Waals surface area contributed by atoms with Crippen LogP contribution in [0.15, 0.2) is 36.4 Å². The SMILES string of the molecule is Cc1nc(NCc2ccccc2F)ccc1N. The van der Waals surface area contributed by atoms with E-state index in [1.54, 1.807) is 24.3 Å². The third-order valence-corrected chi connectivity index (χ3v) is 2.54. The maximum Gasteiger partial charge on any atom is 0.128 e. The van der Waals surface area contributed by atoms with Gasteiger partial charge in [-0.2, -0.15) is 0 Å². The van der Waals surface area contributed by atoms with Gasteiger partial charge in [-0.25, -0.2) is 9.37 Å². The van der Waals surface area contributed by atoms with Gasteiger partial charge in [-0.1, -0.05) is 18.2 Å². The number of nitrogens with two attached hydrogens (primary N) is 1. The molecule has 0 bridgehead atoms. The van der Waals surface area contributed by atoms with Crippen LogP contribution in [0.4, 0.5) is 15.9 Å². The maximum atomic E-state index is 13.4. The highest BCUT2D eigenvalue weighted by Crippen LogP contribution is 2.13. The van der Waals surface area contributed by atoms with E-state index in [1.165, 1.54) is 6.07 Å². The Hall–Kier alpha value is -2.10. The molecule has 0 amide bonds. The fraction of sp³-hybridized carbons (Fsp3) is 0.154. The zero-order valence-corrected chi connectivity index (χ0v) is 9.57. The average molecular weight is 231 g/mol. The van der Waals surface area contributed by atoms with Gasteiger partial charge < -0.3 is 11.1 Å². The lowest BCUT2D eigenvalue weighted by Crippen LogP contribution is -2.04. The number of aryl methyl sites for hydroxylation is 1. The molecule has 3 N–H and O–H groups in total. The number of anilines is 2. The van der Waals surface area contributed by atoms with E-state index in [4.69, 9.17) is 5.73 Å². The molecule has 0 fully saturated rings. The van der Waals surface area contributed by atoms with Crippen molar-refractivity contribution in [3.05, 3.63) is 53.5 Å². The van der Waals surface area contributed by atoms with Gasteiger partial charge in [0.1, 0.15) is 11.6 Å². The van der Waals surface area contributed by atoms with Crippen molar-refractivity contribution in [1.29, 1.82) is 0 Å². The summed E-state index contributed by atoms with van der Waals surface area (Å²) in [5.41, 5.74) is 7.71. The first-order chi connectivity index (χ1) is 8.16. The summed E-state index contributed by atoms with van der Waals surface area (Å²) in [4.78, 5) is 4.26. The first-order valence-corrected chi connectivity index (χ1v) is 5.37. The van der Waals surface area contributed by atoms with Crippen molar-refractivity contribution >= 4 is 11.5 Å². The number of nitrogen functional groups attached to an aromatic ring is 1. The summed E-state index contributed by atoms with van der Waals surface area (Å²) in [6, 6.07) is 10.2. The van der Waals surface area contributed by atoms with Crippen LogP contribution in [0, 0.1) is 12.7 Å². The summed E-state index contributed by atoms with van der Waals surface area (Å²) >= 11 is 0. The standard InChI is InChI=1S/C13H14FN3/c1-9-12(15)6-7-13(17-9)16-8-10-4-2-3-5-11(10)14/h2-7H,8,15H2,1H3,(H,16,17). The largest absolute Gasteiger partial charge is 0.397 e. The Morgan fingerprint density at radius 3 is 2.71 bits per heavy atom. The molecule has 2 aromatic rings. The van der Waals surface area contributed by atoms with E-state index >= 15 is 0 Å². The van der Waals surface area contributed by atoms with Gasteiger partial charge in [-0.15, -0.1) is 0 Å². The van der Waals surface area contributed by atoms with Crippen LogP contribution in [0.5, 0.6) is 0 Å². The molecule has 0 aliphatic heterocycles. The molecule has 0 atom stereocenters. The Morgan fingerprint density at radius 1 is 1.24 bits per heavy atom. The maximum absolute atomic E-state index is 13.4. The molecule has 1 aromatic heterocycles. The van der Waals surface area contributed by atoms with E-state index < -0.39 is 0 Å². The first-order valence-electron chi connectivity index (χ1n) is 5.37. The second-order valence-corrected chi connectivity index (χ2v) is 3.82. The van der Waals surface area contributed by atoms with E-state index in [0.717, 1.165) is 5.69 Å². The fourth-order valence-electron chi connectivity index (χ4n) is 1.50. The molecule has 1 heterocycles. The van der Waals surface area contributed by atoms with Crippen LogP contribution in [-0.2, 0) is 6.54 Å². The van der Waals surface area contributed by atoms with E-state index in [1.807, 2.05) is 13.0 Å². The third-order valence-electron chi connectivity index (χ3n) is 2.54. The van der Waals surface area contributed by atoms with Crippen LogP contribution >= 0.6 is 0 Å². The highest BCUT2D eigenvalue weighted by molar-refractivity contribution is 5.49. The van der Waals surface area contributed by atoms with Gasteiger partial charge >= 0.3 is 0 Å². The topological polar surface area (TPSA) is 50.9 Å². The quantitative estimate of drug-likeness (QED) is 0.854. The number of nitrogens with one attached hydrogen (secondary N) is 1. The lowest BCUT2D eigenvalue weighted by Gasteiger charge is -2.08. The molecule has 0 saturated carbocycles. The number of rotatable bonds is 3. The van der Waals surface area contributed by atoms with Gasteiger partial charge in [0.25, 0.3) is 0 Å². The summed E-state index contributed by atoms with van der Waals surface area (Å²) in [6.45, 7) is 2.24. The number of hydrogen-bond donors (Lipinski definition) is 2. The van der Waals surface area contributed by atoms with Crippen LogP contribution in [0.2, 0.25) is 0 Å². The summed E-state index contributed by atoms with van der Waals surface area (Å²) in [6.07, 6.45) is 0. The molecule has 17 heavy (non-hydrogen) atoms. The Bertz CT molecular complexity index is 526. The van der Waals surface area contributed by atoms with Gasteiger partial charge in [0.05, 0.1) is 11.4 Å². The molecule has 0 aliphatic carbocycles. The van der Waals surface area contributed by atoms with Crippen LogP contribution in [0.25, 0.3) is 0 Å². The van der Waals surface area contributed by atoms with Crippen molar-refractivity contribution in [2.75, 3.05) is 11.1 Å². The van der Waals surface area contributed by atoms with Crippen LogP contribution in [0.3, 0.4) is 0 Å². The monoisotopic (exact) mass is 231 g/mol. The predicted molar refractivity (Wildman–Crippen MR) is 67.1 cm³/mol. The fourth-order valence-corrected chi connectivity index (χ4v) is 1.50. The number of pyridine rings is 1. The van der Waals surface area contributed by atoms with Crippen molar-refractivity contribution < 1.29 is 4.39 Å². The van der Waals surface area contributed by atoms with Crippen LogP contribution in [0.1, 0.15) is 11.3 Å². The molecule has 0 aliphatic rings. The number of nitrogens with zero attached hydrogens (tertiary/aromatic N) is 1. The van der Waals surface area contributed by atoms with Crippen molar-refractivity contribution in [2.24, 2.45) is 0 Å². The average Bonchev–Trinajstić information content (AvgIpc) is 2.32. The molecule has 3 nitrogen and oxygen atoms in total. The normalized spacial score (nSPS) is 10.2. The van der Waals surface area contributed by atoms with Gasteiger partial charge in [0.2, 0.25) is 0 Å². The van der Waals surface area contributed by atoms with Crippen LogP contribution < -0.4 is 11.1 Å². The molecule has 0 saturated heterocycles. The molecule has 88 valence electrons. The number of aromatic nitrogens is 1. The highest BCUT2D eigenvalue weighted by atomic mass is 19.1. The molecular formula is C13H14FN3. The molecule has 4 heteroatoms. The summed E-state index contributed by atoms with van der Waals surface area (Å²) in [7, 11) is 0. The van der Waals surface area contributed by atoms with Gasteiger partial charge in [-0.3, -0.25) is 0 Å². The minimum Gasteiger partial charge on any atom is -0.397 e. The van der Waals surface area contributed by atoms with E-state index in [9.17, 15) is 4.39 Å². The number of hydrogen-bond acceptors (Lipinski definition) is 3. The minimum atomic E-state index is -0.216. The van der Waals surface area contributed by atoms with E-state index in [0.29, 0.717) is 23.6 Å². The molecule has 0 radical (unpaired) electrons. The first kappa shape index (κ1) is 11.4. The van der Waals surface area contributed by atoms with Gasteiger partial charge in [0, 0.05) is 12.1 Å². The lowest BCUT2D eigenvalue weighted by atomic mass is 10.2. The number of halogens is 1. The van der Waals surface area contributed by atoms with Crippen molar-refractivity contribution in [2.45, 2.75) is 13.5 Å². The van der Waals surface area contributed by atoms with Crippen molar-refractivity contribution in [1.82, 2.24) is 4.98 Å². The zero-order chi connectivity index (χ0) is 12.3. The molecule has 0 spiro atoms. The van der Waals surface area contributed by atoms with E-state index in [-0.39, 0.29) is 5.82 Å². The summed E-state index contributed by atoms with van der Waals surface area (Å²) in [5.74, 6) is 0.479. The van der Waals surface area contributed by atoms with Crippen LogP contribution in [-0.4, -0.2) is 4.98 Å². The Kier molecular flexibility index (Phi) is 3.23. The van der Waals surface area contributed by atoms with Gasteiger partial charge in [0.15, 0.2) is 0 Å². The molecule has 0 unspecified atom stereocenters. The Labute approximate surface area is 99.5 Å². The lowest BCUT2D eigenvalue weighted by molar-refractivity contribution is 0.613.